The summed E-state index contributed by atoms with van der Waals surface area (Å²) >= 11 is 0. The Bertz CT molecular complexity index is 438. The van der Waals surface area contributed by atoms with Crippen LogP contribution in [0.4, 0.5) is 5.82 Å². The fourth-order valence-corrected chi connectivity index (χ4v) is 2.41. The molecule has 0 aliphatic carbocycles. The van der Waals surface area contributed by atoms with Crippen molar-refractivity contribution in [2.45, 2.75) is 25.2 Å². The lowest BCUT2D eigenvalue weighted by Gasteiger charge is -2.17. The van der Waals surface area contributed by atoms with E-state index < -0.39 is 10.0 Å². The van der Waals surface area contributed by atoms with E-state index in [2.05, 4.69) is 10.2 Å². The molecule has 1 aromatic rings. The lowest BCUT2D eigenvalue weighted by Crippen LogP contribution is -2.29. The van der Waals surface area contributed by atoms with Crippen LogP contribution in [0.15, 0.2) is 11.1 Å². The standard InChI is InChI=1S/C9H18N4O2S/c1-7(2)4-5-13(3)16(14,15)8-6-11-12-9(8)10/h6-7H,4-5H2,1-3H3,(H3,10,11,12). The fourth-order valence-electron chi connectivity index (χ4n) is 1.22. The highest BCUT2D eigenvalue weighted by Gasteiger charge is 2.24. The summed E-state index contributed by atoms with van der Waals surface area (Å²) in [5.74, 6) is 0.538. The van der Waals surface area contributed by atoms with Gasteiger partial charge in [-0.2, -0.15) is 5.10 Å². The number of sulfonamides is 1. The number of nitrogen functional groups attached to an aromatic ring is 1. The molecule has 0 radical (unpaired) electrons. The Morgan fingerprint density at radius 2 is 2.19 bits per heavy atom. The predicted molar refractivity (Wildman–Crippen MR) is 62.3 cm³/mol. The SMILES string of the molecule is CC(C)CCN(C)S(=O)(=O)c1cn[nH]c1N. The van der Waals surface area contributed by atoms with E-state index in [1.165, 1.54) is 10.5 Å². The molecule has 0 atom stereocenters. The number of aromatic amines is 1. The molecule has 0 aromatic carbocycles. The second-order valence-corrected chi connectivity index (χ2v) is 6.17. The molecule has 6 nitrogen and oxygen atoms in total. The van der Waals surface area contributed by atoms with Crippen LogP contribution in [0.25, 0.3) is 0 Å². The number of nitrogens with one attached hydrogen (secondary N) is 1. The lowest BCUT2D eigenvalue weighted by molar-refractivity contribution is 0.428. The van der Waals surface area contributed by atoms with Crippen LogP contribution in [0.2, 0.25) is 0 Å². The summed E-state index contributed by atoms with van der Waals surface area (Å²) in [6.45, 7) is 4.57. The van der Waals surface area contributed by atoms with Crippen LogP contribution >= 0.6 is 0 Å². The van der Waals surface area contributed by atoms with Gasteiger partial charge < -0.3 is 5.73 Å². The van der Waals surface area contributed by atoms with Crippen molar-refractivity contribution in [3.63, 3.8) is 0 Å². The Morgan fingerprint density at radius 3 is 2.62 bits per heavy atom. The number of anilines is 1. The average molecular weight is 246 g/mol. The summed E-state index contributed by atoms with van der Waals surface area (Å²) in [6, 6.07) is 0. The topological polar surface area (TPSA) is 92.1 Å². The molecular formula is C9H18N4O2S. The van der Waals surface area contributed by atoms with E-state index in [1.807, 2.05) is 13.8 Å². The number of hydrogen-bond donors (Lipinski definition) is 2. The number of aromatic nitrogens is 2. The Morgan fingerprint density at radius 1 is 1.56 bits per heavy atom. The van der Waals surface area contributed by atoms with Crippen molar-refractivity contribution in [1.29, 1.82) is 0 Å². The maximum Gasteiger partial charge on any atom is 0.248 e. The van der Waals surface area contributed by atoms with Crippen molar-refractivity contribution < 1.29 is 8.42 Å². The minimum absolute atomic E-state index is 0.0405. The van der Waals surface area contributed by atoms with Crippen LogP contribution < -0.4 is 5.73 Å². The van der Waals surface area contributed by atoms with Gasteiger partial charge in [0.2, 0.25) is 10.0 Å². The average Bonchev–Trinajstić information content (AvgIpc) is 2.61. The molecule has 1 rings (SSSR count). The van der Waals surface area contributed by atoms with Crippen molar-refractivity contribution in [2.24, 2.45) is 5.92 Å². The zero-order valence-electron chi connectivity index (χ0n) is 9.77. The van der Waals surface area contributed by atoms with Gasteiger partial charge in [0.25, 0.3) is 0 Å². The summed E-state index contributed by atoms with van der Waals surface area (Å²) in [4.78, 5) is 0.0405. The second kappa shape index (κ2) is 4.84. The molecule has 3 N–H and O–H groups in total. The van der Waals surface area contributed by atoms with E-state index >= 15 is 0 Å². The molecule has 0 saturated heterocycles. The maximum absolute atomic E-state index is 12.0. The molecule has 92 valence electrons. The van der Waals surface area contributed by atoms with Gasteiger partial charge in [-0.1, -0.05) is 13.8 Å². The molecule has 0 amide bonds. The molecule has 0 fully saturated rings. The van der Waals surface area contributed by atoms with E-state index in [0.717, 1.165) is 6.42 Å². The zero-order chi connectivity index (χ0) is 12.3. The first-order valence-corrected chi connectivity index (χ1v) is 6.55. The minimum atomic E-state index is -3.51. The van der Waals surface area contributed by atoms with Crippen LogP contribution in [0.5, 0.6) is 0 Å². The van der Waals surface area contributed by atoms with Crippen LogP contribution in [-0.4, -0.2) is 36.5 Å². The van der Waals surface area contributed by atoms with Crippen LogP contribution in [0, 0.1) is 5.92 Å². The third kappa shape index (κ3) is 2.73. The van der Waals surface area contributed by atoms with Crippen LogP contribution in [-0.2, 0) is 10.0 Å². The monoisotopic (exact) mass is 246 g/mol. The summed E-state index contributed by atoms with van der Waals surface area (Å²) in [7, 11) is -1.96. The van der Waals surface area contributed by atoms with Gasteiger partial charge in [0, 0.05) is 13.6 Å². The summed E-state index contributed by atoms with van der Waals surface area (Å²) in [5, 5.41) is 6.03. The first-order chi connectivity index (χ1) is 7.35. The third-order valence-corrected chi connectivity index (χ3v) is 4.23. The molecule has 0 aliphatic rings. The normalized spacial score (nSPS) is 12.6. The number of H-pyrrole nitrogens is 1. The number of hydrogen-bond acceptors (Lipinski definition) is 4. The van der Waals surface area contributed by atoms with Crippen LogP contribution in [0.3, 0.4) is 0 Å². The number of rotatable bonds is 5. The molecule has 1 heterocycles. The minimum Gasteiger partial charge on any atom is -0.383 e. The Kier molecular flexibility index (Phi) is 3.93. The molecule has 1 aromatic heterocycles. The van der Waals surface area contributed by atoms with E-state index in [4.69, 9.17) is 5.73 Å². The smallest absolute Gasteiger partial charge is 0.248 e. The van der Waals surface area contributed by atoms with Crippen molar-refractivity contribution in [1.82, 2.24) is 14.5 Å². The molecule has 16 heavy (non-hydrogen) atoms. The quantitative estimate of drug-likeness (QED) is 0.798. The van der Waals surface area contributed by atoms with Gasteiger partial charge in [-0.15, -0.1) is 0 Å². The molecule has 0 bridgehead atoms. The summed E-state index contributed by atoms with van der Waals surface area (Å²) in [6.07, 6.45) is 2.05. The molecule has 0 aliphatic heterocycles. The molecule has 0 spiro atoms. The first-order valence-electron chi connectivity index (χ1n) is 5.11. The highest BCUT2D eigenvalue weighted by molar-refractivity contribution is 7.89. The van der Waals surface area contributed by atoms with Crippen molar-refractivity contribution >= 4 is 15.8 Å². The maximum atomic E-state index is 12.0. The fraction of sp³-hybridized carbons (Fsp3) is 0.667. The van der Waals surface area contributed by atoms with Gasteiger partial charge >= 0.3 is 0 Å². The molecule has 0 unspecified atom stereocenters. The molecule has 7 heteroatoms. The first kappa shape index (κ1) is 13.0. The summed E-state index contributed by atoms with van der Waals surface area (Å²) < 4.78 is 25.3. The van der Waals surface area contributed by atoms with Crippen molar-refractivity contribution in [2.75, 3.05) is 19.3 Å². The zero-order valence-corrected chi connectivity index (χ0v) is 10.6. The van der Waals surface area contributed by atoms with Crippen molar-refractivity contribution in [3.05, 3.63) is 6.20 Å². The second-order valence-electron chi connectivity index (χ2n) is 4.16. The van der Waals surface area contributed by atoms with Gasteiger partial charge in [-0.25, -0.2) is 12.7 Å². The van der Waals surface area contributed by atoms with E-state index in [-0.39, 0.29) is 10.7 Å². The molecular weight excluding hydrogens is 228 g/mol. The highest BCUT2D eigenvalue weighted by Crippen LogP contribution is 2.19. The Labute approximate surface area is 95.9 Å². The van der Waals surface area contributed by atoms with Gasteiger partial charge in [0.05, 0.1) is 6.20 Å². The highest BCUT2D eigenvalue weighted by atomic mass is 32.2. The predicted octanol–water partition coefficient (Wildman–Crippen LogP) is 0.659. The van der Waals surface area contributed by atoms with E-state index in [0.29, 0.717) is 12.5 Å². The van der Waals surface area contributed by atoms with Gasteiger partial charge in [0.15, 0.2) is 0 Å². The number of nitrogens with zero attached hydrogens (tertiary/aromatic N) is 2. The summed E-state index contributed by atoms with van der Waals surface area (Å²) in [5.41, 5.74) is 5.50. The van der Waals surface area contributed by atoms with E-state index in [9.17, 15) is 8.42 Å². The van der Waals surface area contributed by atoms with Gasteiger partial charge in [0.1, 0.15) is 10.7 Å². The Balaban J connectivity index is 2.83. The van der Waals surface area contributed by atoms with E-state index in [1.54, 1.807) is 7.05 Å². The molecule has 0 saturated carbocycles. The van der Waals surface area contributed by atoms with Crippen molar-refractivity contribution in [3.8, 4) is 0 Å². The lowest BCUT2D eigenvalue weighted by atomic mass is 10.1. The number of nitrogens with two attached hydrogens (primary N) is 1. The Hall–Kier alpha value is -1.08. The van der Waals surface area contributed by atoms with Gasteiger partial charge in [-0.3, -0.25) is 5.10 Å². The third-order valence-electron chi connectivity index (χ3n) is 2.34. The largest absolute Gasteiger partial charge is 0.383 e. The van der Waals surface area contributed by atoms with Gasteiger partial charge in [-0.05, 0) is 12.3 Å². The van der Waals surface area contributed by atoms with Crippen LogP contribution in [0.1, 0.15) is 20.3 Å².